The highest BCUT2D eigenvalue weighted by molar-refractivity contribution is 6.31. The maximum atomic E-state index is 12.0. The van der Waals surface area contributed by atoms with Crippen molar-refractivity contribution in [3.63, 3.8) is 0 Å². The number of hydrogen-bond donors (Lipinski definition) is 1. The molecule has 2 amide bonds. The Balaban J connectivity index is 1.89. The van der Waals surface area contributed by atoms with E-state index < -0.39 is 0 Å². The van der Waals surface area contributed by atoms with Crippen molar-refractivity contribution in [2.75, 3.05) is 26.7 Å². The summed E-state index contributed by atoms with van der Waals surface area (Å²) in [5.74, 6) is -0.214. The predicted octanol–water partition coefficient (Wildman–Crippen LogP) is 1.24. The van der Waals surface area contributed by atoms with Crippen LogP contribution >= 0.6 is 11.6 Å². The Kier molecular flexibility index (Phi) is 4.62. The molecule has 0 bridgehead atoms. The molecule has 1 fully saturated rings. The van der Waals surface area contributed by atoms with Crippen LogP contribution in [0.15, 0.2) is 18.2 Å². The fourth-order valence-electron chi connectivity index (χ4n) is 1.98. The first-order valence-corrected chi connectivity index (χ1v) is 6.75. The lowest BCUT2D eigenvalue weighted by molar-refractivity contribution is -0.146. The largest absolute Gasteiger partial charge is 0.365 e. The molecule has 1 aromatic rings. The summed E-state index contributed by atoms with van der Waals surface area (Å²) >= 11 is 5.92. The molecule has 0 spiro atoms. The van der Waals surface area contributed by atoms with Crippen LogP contribution < -0.4 is 5.32 Å². The van der Waals surface area contributed by atoms with Gasteiger partial charge in [-0.25, -0.2) is 0 Å². The number of rotatable bonds is 3. The van der Waals surface area contributed by atoms with Gasteiger partial charge in [0, 0.05) is 30.7 Å². The smallest absolute Gasteiger partial charge is 0.251 e. The molecule has 1 heterocycles. The first kappa shape index (κ1) is 14.8. The van der Waals surface area contributed by atoms with Crippen molar-refractivity contribution < 1.29 is 14.3 Å². The summed E-state index contributed by atoms with van der Waals surface area (Å²) in [5, 5.41) is 3.44. The number of carbonyl (C=O) groups is 2. The van der Waals surface area contributed by atoms with Crippen LogP contribution in [0.4, 0.5) is 0 Å². The van der Waals surface area contributed by atoms with Gasteiger partial charge < -0.3 is 15.0 Å². The third kappa shape index (κ3) is 3.49. The molecule has 1 aromatic carbocycles. The Morgan fingerprint density at radius 1 is 1.55 bits per heavy atom. The summed E-state index contributed by atoms with van der Waals surface area (Å²) in [7, 11) is 1.72. The third-order valence-corrected chi connectivity index (χ3v) is 3.68. The van der Waals surface area contributed by atoms with E-state index in [1.807, 2.05) is 6.92 Å². The molecule has 1 N–H and O–H groups in total. The van der Waals surface area contributed by atoms with E-state index in [0.29, 0.717) is 23.7 Å². The SMILES string of the molecule is Cc1cc(C(=O)NC[C@H]2CN(C)C(=O)CO2)ccc1Cl. The highest BCUT2D eigenvalue weighted by atomic mass is 35.5. The summed E-state index contributed by atoms with van der Waals surface area (Å²) in [6, 6.07) is 5.13. The van der Waals surface area contributed by atoms with Gasteiger partial charge in [0.1, 0.15) is 6.61 Å². The highest BCUT2D eigenvalue weighted by Gasteiger charge is 2.23. The van der Waals surface area contributed by atoms with Crippen molar-refractivity contribution >= 4 is 23.4 Å². The van der Waals surface area contributed by atoms with Crippen LogP contribution in [0, 0.1) is 6.92 Å². The molecule has 108 valence electrons. The second kappa shape index (κ2) is 6.24. The van der Waals surface area contributed by atoms with E-state index in [-0.39, 0.29) is 24.5 Å². The van der Waals surface area contributed by atoms with E-state index in [0.717, 1.165) is 5.56 Å². The Bertz CT molecular complexity index is 533. The van der Waals surface area contributed by atoms with Gasteiger partial charge in [0.05, 0.1) is 6.10 Å². The van der Waals surface area contributed by atoms with Gasteiger partial charge in [0.25, 0.3) is 5.91 Å². The Hall–Kier alpha value is -1.59. The van der Waals surface area contributed by atoms with Gasteiger partial charge in [-0.3, -0.25) is 9.59 Å². The van der Waals surface area contributed by atoms with E-state index >= 15 is 0 Å². The second-order valence-electron chi connectivity index (χ2n) is 4.88. The summed E-state index contributed by atoms with van der Waals surface area (Å²) in [5.41, 5.74) is 1.42. The van der Waals surface area contributed by atoms with Crippen molar-refractivity contribution in [1.82, 2.24) is 10.2 Å². The van der Waals surface area contributed by atoms with Crippen molar-refractivity contribution in [3.05, 3.63) is 34.3 Å². The lowest BCUT2D eigenvalue weighted by Gasteiger charge is -2.29. The number of benzene rings is 1. The van der Waals surface area contributed by atoms with E-state index in [1.54, 1.807) is 30.1 Å². The number of ether oxygens (including phenoxy) is 1. The molecule has 20 heavy (non-hydrogen) atoms. The molecular formula is C14H17ClN2O3. The first-order valence-electron chi connectivity index (χ1n) is 6.37. The van der Waals surface area contributed by atoms with E-state index in [4.69, 9.17) is 16.3 Å². The van der Waals surface area contributed by atoms with Gasteiger partial charge in [-0.15, -0.1) is 0 Å². The minimum absolute atomic E-state index is 0.0408. The molecular weight excluding hydrogens is 280 g/mol. The number of aryl methyl sites for hydroxylation is 1. The zero-order valence-electron chi connectivity index (χ0n) is 11.5. The van der Waals surface area contributed by atoms with Crippen LogP contribution in [0.2, 0.25) is 5.02 Å². The van der Waals surface area contributed by atoms with Gasteiger partial charge >= 0.3 is 0 Å². The maximum absolute atomic E-state index is 12.0. The van der Waals surface area contributed by atoms with Crippen LogP contribution in [-0.2, 0) is 9.53 Å². The average Bonchev–Trinajstić information content (AvgIpc) is 2.43. The van der Waals surface area contributed by atoms with Gasteiger partial charge in [0.15, 0.2) is 0 Å². The number of carbonyl (C=O) groups excluding carboxylic acids is 2. The van der Waals surface area contributed by atoms with E-state index in [9.17, 15) is 9.59 Å². The Morgan fingerprint density at radius 2 is 2.30 bits per heavy atom. The summed E-state index contributed by atoms with van der Waals surface area (Å²) in [4.78, 5) is 24.9. The first-order chi connectivity index (χ1) is 9.47. The van der Waals surface area contributed by atoms with Crippen LogP contribution in [0.3, 0.4) is 0 Å². The number of halogens is 1. The molecule has 0 unspecified atom stereocenters. The van der Waals surface area contributed by atoms with Crippen molar-refractivity contribution in [2.45, 2.75) is 13.0 Å². The topological polar surface area (TPSA) is 58.6 Å². The minimum atomic E-state index is -0.173. The molecule has 1 saturated heterocycles. The van der Waals surface area contributed by atoms with Crippen LogP contribution in [0.5, 0.6) is 0 Å². The predicted molar refractivity (Wildman–Crippen MR) is 75.9 cm³/mol. The number of hydrogen-bond acceptors (Lipinski definition) is 3. The Labute approximate surface area is 122 Å². The zero-order chi connectivity index (χ0) is 14.7. The molecule has 1 aliphatic rings. The molecule has 1 aliphatic heterocycles. The summed E-state index contributed by atoms with van der Waals surface area (Å²) in [6.45, 7) is 2.78. The average molecular weight is 297 g/mol. The zero-order valence-corrected chi connectivity index (χ0v) is 12.2. The molecule has 0 radical (unpaired) electrons. The maximum Gasteiger partial charge on any atom is 0.251 e. The fraction of sp³-hybridized carbons (Fsp3) is 0.429. The fourth-order valence-corrected chi connectivity index (χ4v) is 2.09. The molecule has 1 atom stereocenters. The molecule has 0 aliphatic carbocycles. The van der Waals surface area contributed by atoms with Crippen molar-refractivity contribution in [3.8, 4) is 0 Å². The van der Waals surface area contributed by atoms with Crippen LogP contribution in [0.25, 0.3) is 0 Å². The summed E-state index contributed by atoms with van der Waals surface area (Å²) < 4.78 is 5.36. The standard InChI is InChI=1S/C14H17ClN2O3/c1-9-5-10(3-4-12(9)15)14(19)16-6-11-7-17(2)13(18)8-20-11/h3-5,11H,6-8H2,1-2H3,(H,16,19)/t11-/m0/s1. The lowest BCUT2D eigenvalue weighted by atomic mass is 10.1. The van der Waals surface area contributed by atoms with Gasteiger partial charge in [0.2, 0.25) is 5.91 Å². The quantitative estimate of drug-likeness (QED) is 0.913. The third-order valence-electron chi connectivity index (χ3n) is 3.26. The number of morpholine rings is 1. The van der Waals surface area contributed by atoms with Crippen LogP contribution in [-0.4, -0.2) is 49.6 Å². The molecule has 0 saturated carbocycles. The van der Waals surface area contributed by atoms with E-state index in [2.05, 4.69) is 5.32 Å². The normalized spacial score (nSPS) is 19.1. The van der Waals surface area contributed by atoms with Gasteiger partial charge in [-0.1, -0.05) is 11.6 Å². The van der Waals surface area contributed by atoms with Crippen molar-refractivity contribution in [1.29, 1.82) is 0 Å². The summed E-state index contributed by atoms with van der Waals surface area (Å²) in [6.07, 6.45) is -0.171. The molecule has 2 rings (SSSR count). The number of amides is 2. The second-order valence-corrected chi connectivity index (χ2v) is 5.29. The molecule has 0 aromatic heterocycles. The van der Waals surface area contributed by atoms with Gasteiger partial charge in [-0.2, -0.15) is 0 Å². The monoisotopic (exact) mass is 296 g/mol. The lowest BCUT2D eigenvalue weighted by Crippen LogP contribution is -2.48. The van der Waals surface area contributed by atoms with Crippen LogP contribution in [0.1, 0.15) is 15.9 Å². The molecule has 6 heteroatoms. The molecule has 5 nitrogen and oxygen atoms in total. The minimum Gasteiger partial charge on any atom is -0.365 e. The Morgan fingerprint density at radius 3 is 2.95 bits per heavy atom. The number of nitrogens with zero attached hydrogens (tertiary/aromatic N) is 1. The highest BCUT2D eigenvalue weighted by Crippen LogP contribution is 2.16. The number of nitrogens with one attached hydrogen (secondary N) is 1. The van der Waals surface area contributed by atoms with Gasteiger partial charge in [-0.05, 0) is 30.7 Å². The van der Waals surface area contributed by atoms with Crippen molar-refractivity contribution in [2.24, 2.45) is 0 Å². The number of likely N-dealkylation sites (N-methyl/N-ethyl adjacent to an activating group) is 1. The van der Waals surface area contributed by atoms with E-state index in [1.165, 1.54) is 0 Å².